The Kier molecular flexibility index (Phi) is 7.60. The summed E-state index contributed by atoms with van der Waals surface area (Å²) in [5.41, 5.74) is 1.01. The van der Waals surface area contributed by atoms with Crippen molar-refractivity contribution in [3.8, 4) is 5.75 Å². The number of para-hydroxylation sites is 1. The molecule has 0 heterocycles. The molecular weight excluding hydrogens is 294 g/mol. The third-order valence-corrected chi connectivity index (χ3v) is 3.03. The molecule has 1 aromatic carbocycles. The van der Waals surface area contributed by atoms with Gasteiger partial charge in [0.05, 0.1) is 0 Å². The zero-order valence-corrected chi connectivity index (χ0v) is 13.6. The van der Waals surface area contributed by atoms with Crippen molar-refractivity contribution in [2.45, 2.75) is 38.8 Å². The summed E-state index contributed by atoms with van der Waals surface area (Å²) in [4.78, 5) is 23.7. The van der Waals surface area contributed by atoms with Crippen molar-refractivity contribution in [2.24, 2.45) is 0 Å². The molecule has 1 rings (SSSR count). The number of esters is 1. The van der Waals surface area contributed by atoms with E-state index in [0.717, 1.165) is 12.0 Å². The topological polar surface area (TPSA) is 64.6 Å². The first kappa shape index (κ1) is 18.5. The fraction of sp³-hybridized carbons (Fsp3) is 0.333. The van der Waals surface area contributed by atoms with Crippen LogP contribution in [0.1, 0.15) is 26.7 Å². The molecule has 0 saturated heterocycles. The van der Waals surface area contributed by atoms with Crippen LogP contribution in [0.4, 0.5) is 4.79 Å². The third-order valence-electron chi connectivity index (χ3n) is 3.03. The number of nitrogens with one attached hydrogen (secondary N) is 1. The molecule has 0 spiro atoms. The van der Waals surface area contributed by atoms with Gasteiger partial charge in [0.2, 0.25) is 0 Å². The average molecular weight is 317 g/mol. The molecule has 1 N–H and O–H groups in total. The fourth-order valence-corrected chi connectivity index (χ4v) is 1.73. The first-order chi connectivity index (χ1) is 10.9. The highest BCUT2D eigenvalue weighted by Gasteiger charge is 2.20. The standard InChI is InChI=1S/C18H23NO4/c1-5-15(12-11-13(2)3)22-17(20)14(4)19-18(21)23-16-9-7-6-8-10-16/h5-10,14-15H,1-2,11-12H2,3-4H3,(H,19,21)/t14-,15+/m0/s1. The second kappa shape index (κ2) is 9.46. The summed E-state index contributed by atoms with van der Waals surface area (Å²) in [7, 11) is 0. The van der Waals surface area contributed by atoms with Crippen LogP contribution in [-0.2, 0) is 9.53 Å². The van der Waals surface area contributed by atoms with Gasteiger partial charge in [0, 0.05) is 0 Å². The van der Waals surface area contributed by atoms with E-state index in [-0.39, 0.29) is 0 Å². The zero-order chi connectivity index (χ0) is 17.2. The van der Waals surface area contributed by atoms with E-state index >= 15 is 0 Å². The summed E-state index contributed by atoms with van der Waals surface area (Å²) in [5.74, 6) is -0.141. The maximum absolute atomic E-state index is 12.0. The van der Waals surface area contributed by atoms with Crippen molar-refractivity contribution in [1.29, 1.82) is 0 Å². The van der Waals surface area contributed by atoms with Crippen LogP contribution in [0.25, 0.3) is 0 Å². The van der Waals surface area contributed by atoms with Gasteiger partial charge in [0.15, 0.2) is 0 Å². The van der Waals surface area contributed by atoms with Gasteiger partial charge >= 0.3 is 12.1 Å². The van der Waals surface area contributed by atoms with Gasteiger partial charge in [0.25, 0.3) is 0 Å². The minimum Gasteiger partial charge on any atom is -0.457 e. The van der Waals surface area contributed by atoms with Gasteiger partial charge in [-0.05, 0) is 38.8 Å². The van der Waals surface area contributed by atoms with E-state index in [4.69, 9.17) is 9.47 Å². The minimum atomic E-state index is -0.821. The molecule has 0 aromatic heterocycles. The summed E-state index contributed by atoms with van der Waals surface area (Å²) in [6, 6.07) is 7.78. The van der Waals surface area contributed by atoms with Crippen LogP contribution >= 0.6 is 0 Å². The van der Waals surface area contributed by atoms with E-state index in [1.165, 1.54) is 6.92 Å². The van der Waals surface area contributed by atoms with E-state index in [2.05, 4.69) is 18.5 Å². The number of allylic oxidation sites excluding steroid dienone is 1. The Balaban J connectivity index is 2.44. The van der Waals surface area contributed by atoms with Gasteiger partial charge in [-0.2, -0.15) is 0 Å². The van der Waals surface area contributed by atoms with Crippen molar-refractivity contribution in [2.75, 3.05) is 0 Å². The SMILES string of the molecule is C=C[C@H](CCC(=C)C)OC(=O)[C@H](C)NC(=O)Oc1ccccc1. The molecule has 1 amide bonds. The lowest BCUT2D eigenvalue weighted by molar-refractivity contribution is -0.149. The number of carbonyl (C=O) groups is 2. The fourth-order valence-electron chi connectivity index (χ4n) is 1.73. The lowest BCUT2D eigenvalue weighted by Gasteiger charge is -2.18. The molecule has 0 aliphatic carbocycles. The Morgan fingerprint density at radius 3 is 2.52 bits per heavy atom. The Hall–Kier alpha value is -2.56. The Morgan fingerprint density at radius 2 is 1.96 bits per heavy atom. The van der Waals surface area contributed by atoms with Crippen LogP contribution in [0, 0.1) is 0 Å². The van der Waals surface area contributed by atoms with E-state index in [9.17, 15) is 9.59 Å². The van der Waals surface area contributed by atoms with Gasteiger partial charge in [-0.3, -0.25) is 0 Å². The summed E-state index contributed by atoms with van der Waals surface area (Å²) < 4.78 is 10.4. The summed E-state index contributed by atoms with van der Waals surface area (Å²) in [6.45, 7) is 10.9. The lowest BCUT2D eigenvalue weighted by Crippen LogP contribution is -2.42. The number of carbonyl (C=O) groups excluding carboxylic acids is 2. The normalized spacial score (nSPS) is 12.6. The quantitative estimate of drug-likeness (QED) is 0.587. The predicted octanol–water partition coefficient (Wildman–Crippen LogP) is 3.62. The molecule has 0 radical (unpaired) electrons. The number of rotatable bonds is 8. The summed E-state index contributed by atoms with van der Waals surface area (Å²) in [6.07, 6.45) is 1.80. The molecule has 0 fully saturated rings. The highest BCUT2D eigenvalue weighted by Crippen LogP contribution is 2.11. The Morgan fingerprint density at radius 1 is 1.30 bits per heavy atom. The molecule has 23 heavy (non-hydrogen) atoms. The Labute approximate surface area is 137 Å². The molecule has 124 valence electrons. The lowest BCUT2D eigenvalue weighted by atomic mass is 10.1. The number of ether oxygens (including phenoxy) is 2. The number of hydrogen-bond acceptors (Lipinski definition) is 4. The van der Waals surface area contributed by atoms with E-state index in [1.807, 2.05) is 13.0 Å². The van der Waals surface area contributed by atoms with Gasteiger partial charge in [-0.15, -0.1) is 6.58 Å². The molecule has 5 heteroatoms. The van der Waals surface area contributed by atoms with E-state index in [1.54, 1.807) is 30.3 Å². The first-order valence-corrected chi connectivity index (χ1v) is 7.43. The van der Waals surface area contributed by atoms with E-state index in [0.29, 0.717) is 12.2 Å². The molecular formula is C18H23NO4. The third kappa shape index (κ3) is 7.31. The molecule has 0 bridgehead atoms. The predicted molar refractivity (Wildman–Crippen MR) is 89.2 cm³/mol. The number of hydrogen-bond donors (Lipinski definition) is 1. The van der Waals surface area contributed by atoms with Crippen LogP contribution in [0.15, 0.2) is 55.1 Å². The van der Waals surface area contributed by atoms with Crippen molar-refractivity contribution in [1.82, 2.24) is 5.32 Å². The average Bonchev–Trinajstić information content (AvgIpc) is 2.51. The monoisotopic (exact) mass is 317 g/mol. The first-order valence-electron chi connectivity index (χ1n) is 7.43. The van der Waals surface area contributed by atoms with Crippen LogP contribution < -0.4 is 10.1 Å². The second-order valence-electron chi connectivity index (χ2n) is 5.28. The highest BCUT2D eigenvalue weighted by molar-refractivity contribution is 5.81. The zero-order valence-electron chi connectivity index (χ0n) is 13.6. The Bertz CT molecular complexity index is 553. The molecule has 0 aliphatic rings. The smallest absolute Gasteiger partial charge is 0.413 e. The van der Waals surface area contributed by atoms with Crippen LogP contribution in [-0.4, -0.2) is 24.2 Å². The molecule has 5 nitrogen and oxygen atoms in total. The van der Waals surface area contributed by atoms with Gasteiger partial charge < -0.3 is 14.8 Å². The minimum absolute atomic E-state index is 0.399. The van der Waals surface area contributed by atoms with Gasteiger partial charge in [-0.1, -0.05) is 36.4 Å². The van der Waals surface area contributed by atoms with Gasteiger partial charge in [0.1, 0.15) is 17.9 Å². The summed E-state index contributed by atoms with van der Waals surface area (Å²) >= 11 is 0. The number of amides is 1. The highest BCUT2D eigenvalue weighted by atomic mass is 16.6. The van der Waals surface area contributed by atoms with Crippen molar-refractivity contribution in [3.05, 3.63) is 55.1 Å². The maximum atomic E-state index is 12.0. The van der Waals surface area contributed by atoms with Crippen LogP contribution in [0.2, 0.25) is 0 Å². The van der Waals surface area contributed by atoms with Gasteiger partial charge in [-0.25, -0.2) is 9.59 Å². The number of benzene rings is 1. The summed E-state index contributed by atoms with van der Waals surface area (Å²) in [5, 5.41) is 2.43. The second-order valence-corrected chi connectivity index (χ2v) is 5.28. The molecule has 0 saturated carbocycles. The molecule has 1 aromatic rings. The maximum Gasteiger partial charge on any atom is 0.413 e. The molecule has 2 atom stereocenters. The molecule has 0 unspecified atom stereocenters. The van der Waals surface area contributed by atoms with E-state index < -0.39 is 24.2 Å². The van der Waals surface area contributed by atoms with Crippen molar-refractivity contribution in [3.63, 3.8) is 0 Å². The molecule has 0 aliphatic heterocycles. The van der Waals surface area contributed by atoms with Crippen molar-refractivity contribution >= 4 is 12.1 Å². The van der Waals surface area contributed by atoms with Crippen LogP contribution in [0.3, 0.4) is 0 Å². The van der Waals surface area contributed by atoms with Crippen molar-refractivity contribution < 1.29 is 19.1 Å². The largest absolute Gasteiger partial charge is 0.457 e. The van der Waals surface area contributed by atoms with Crippen LogP contribution in [0.5, 0.6) is 5.75 Å².